The molecule has 0 spiro atoms. The van der Waals surface area contributed by atoms with Crippen LogP contribution in [-0.4, -0.2) is 9.78 Å². The molecule has 2 aromatic carbocycles. The monoisotopic (exact) mass is 304 g/mol. The van der Waals surface area contributed by atoms with E-state index in [4.69, 9.17) is 0 Å². The summed E-state index contributed by atoms with van der Waals surface area (Å²) in [4.78, 5) is 12.2. The van der Waals surface area contributed by atoms with Crippen LogP contribution in [0, 0.1) is 20.8 Å². The minimum Gasteiger partial charge on any atom is -0.268 e. The molecule has 0 saturated heterocycles. The number of rotatable bonds is 3. The Labute approximate surface area is 136 Å². The predicted octanol–water partition coefficient (Wildman–Crippen LogP) is 3.88. The number of nitrogens with zero attached hydrogens (tertiary/aromatic N) is 2. The first-order valence-electron chi connectivity index (χ1n) is 7.75. The smallest absolute Gasteiger partial charge is 0.267 e. The third-order valence-electron chi connectivity index (χ3n) is 4.11. The van der Waals surface area contributed by atoms with Crippen LogP contribution in [0.15, 0.2) is 59.4 Å². The van der Waals surface area contributed by atoms with Gasteiger partial charge in [0.2, 0.25) is 0 Å². The SMILES string of the molecule is Cc1ccc(-c2ccc(=O)n(Cc3ccccc3C)n2)c(C)c1. The van der Waals surface area contributed by atoms with Crippen LogP contribution in [0.2, 0.25) is 0 Å². The number of hydrogen-bond acceptors (Lipinski definition) is 2. The summed E-state index contributed by atoms with van der Waals surface area (Å²) < 4.78 is 1.54. The quantitative estimate of drug-likeness (QED) is 0.736. The van der Waals surface area contributed by atoms with E-state index in [1.54, 1.807) is 12.1 Å². The molecule has 0 aliphatic heterocycles. The molecule has 0 atom stereocenters. The third-order valence-corrected chi connectivity index (χ3v) is 4.11. The van der Waals surface area contributed by atoms with E-state index < -0.39 is 0 Å². The van der Waals surface area contributed by atoms with Gasteiger partial charge in [-0.15, -0.1) is 0 Å². The van der Waals surface area contributed by atoms with Gasteiger partial charge in [-0.2, -0.15) is 5.10 Å². The molecule has 3 aromatic rings. The van der Waals surface area contributed by atoms with E-state index in [0.29, 0.717) is 6.54 Å². The van der Waals surface area contributed by atoms with Crippen LogP contribution in [0.4, 0.5) is 0 Å². The highest BCUT2D eigenvalue weighted by molar-refractivity contribution is 5.63. The standard InChI is InChI=1S/C20H20N2O/c1-14-8-9-18(16(3)12-14)19-10-11-20(23)22(21-19)13-17-7-5-4-6-15(17)2/h4-12H,13H2,1-3H3. The van der Waals surface area contributed by atoms with Crippen molar-refractivity contribution in [2.45, 2.75) is 27.3 Å². The van der Waals surface area contributed by atoms with Crippen molar-refractivity contribution < 1.29 is 0 Å². The molecule has 0 aliphatic rings. The van der Waals surface area contributed by atoms with Gasteiger partial charge in [-0.05, 0) is 43.5 Å². The first-order chi connectivity index (χ1) is 11.0. The van der Waals surface area contributed by atoms with Gasteiger partial charge in [0.15, 0.2) is 0 Å². The zero-order valence-electron chi connectivity index (χ0n) is 13.7. The largest absolute Gasteiger partial charge is 0.268 e. The zero-order valence-corrected chi connectivity index (χ0v) is 13.7. The summed E-state index contributed by atoms with van der Waals surface area (Å²) in [6, 6.07) is 17.7. The second kappa shape index (κ2) is 6.21. The summed E-state index contributed by atoms with van der Waals surface area (Å²) in [7, 11) is 0. The van der Waals surface area contributed by atoms with Gasteiger partial charge in [0.05, 0.1) is 12.2 Å². The lowest BCUT2D eigenvalue weighted by Gasteiger charge is -2.11. The highest BCUT2D eigenvalue weighted by Gasteiger charge is 2.07. The fourth-order valence-electron chi connectivity index (χ4n) is 2.76. The molecule has 1 heterocycles. The Morgan fingerprint density at radius 1 is 0.913 bits per heavy atom. The van der Waals surface area contributed by atoms with Crippen molar-refractivity contribution in [3.63, 3.8) is 0 Å². The van der Waals surface area contributed by atoms with Crippen LogP contribution in [-0.2, 0) is 6.54 Å². The van der Waals surface area contributed by atoms with Crippen LogP contribution in [0.5, 0.6) is 0 Å². The second-order valence-corrected chi connectivity index (χ2v) is 5.96. The fraction of sp³-hybridized carbons (Fsp3) is 0.200. The molecule has 0 fully saturated rings. The van der Waals surface area contributed by atoms with Crippen LogP contribution in [0.25, 0.3) is 11.3 Å². The van der Waals surface area contributed by atoms with E-state index in [-0.39, 0.29) is 5.56 Å². The summed E-state index contributed by atoms with van der Waals surface area (Å²) in [6.45, 7) is 6.68. The molecule has 0 N–H and O–H groups in total. The van der Waals surface area contributed by atoms with E-state index in [2.05, 4.69) is 37.1 Å². The van der Waals surface area contributed by atoms with Crippen LogP contribution in [0.3, 0.4) is 0 Å². The lowest BCUT2D eigenvalue weighted by atomic mass is 10.0. The number of benzene rings is 2. The Morgan fingerprint density at radius 2 is 1.70 bits per heavy atom. The molecule has 23 heavy (non-hydrogen) atoms. The molecule has 3 nitrogen and oxygen atoms in total. The average molecular weight is 304 g/mol. The summed E-state index contributed by atoms with van der Waals surface area (Å²) >= 11 is 0. The Bertz CT molecular complexity index is 910. The van der Waals surface area contributed by atoms with Crippen molar-refractivity contribution >= 4 is 0 Å². The highest BCUT2D eigenvalue weighted by atomic mass is 16.1. The van der Waals surface area contributed by atoms with Crippen molar-refractivity contribution in [3.05, 3.63) is 87.2 Å². The molecule has 0 radical (unpaired) electrons. The Morgan fingerprint density at radius 3 is 2.43 bits per heavy atom. The van der Waals surface area contributed by atoms with Crippen LogP contribution < -0.4 is 5.56 Å². The topological polar surface area (TPSA) is 34.9 Å². The van der Waals surface area contributed by atoms with Crippen molar-refractivity contribution in [2.75, 3.05) is 0 Å². The molecule has 3 rings (SSSR count). The molecular weight excluding hydrogens is 284 g/mol. The minimum absolute atomic E-state index is 0.0817. The molecule has 1 aromatic heterocycles. The maximum absolute atomic E-state index is 12.2. The van der Waals surface area contributed by atoms with Crippen molar-refractivity contribution in [2.24, 2.45) is 0 Å². The number of aromatic nitrogens is 2. The summed E-state index contributed by atoms with van der Waals surface area (Å²) in [6.07, 6.45) is 0. The Balaban J connectivity index is 2.03. The molecule has 0 aliphatic carbocycles. The van der Waals surface area contributed by atoms with Gasteiger partial charge >= 0.3 is 0 Å². The first kappa shape index (κ1) is 15.2. The van der Waals surface area contributed by atoms with Gasteiger partial charge in [-0.3, -0.25) is 4.79 Å². The summed E-state index contributed by atoms with van der Waals surface area (Å²) in [5, 5.41) is 4.57. The highest BCUT2D eigenvalue weighted by Crippen LogP contribution is 2.21. The molecule has 116 valence electrons. The van der Waals surface area contributed by atoms with E-state index in [1.807, 2.05) is 31.2 Å². The van der Waals surface area contributed by atoms with Gasteiger partial charge in [0, 0.05) is 11.6 Å². The maximum atomic E-state index is 12.2. The first-order valence-corrected chi connectivity index (χ1v) is 7.75. The van der Waals surface area contributed by atoms with Crippen molar-refractivity contribution in [1.82, 2.24) is 9.78 Å². The normalized spacial score (nSPS) is 10.7. The van der Waals surface area contributed by atoms with Gasteiger partial charge in [0.25, 0.3) is 5.56 Å². The van der Waals surface area contributed by atoms with Crippen molar-refractivity contribution in [3.8, 4) is 11.3 Å². The maximum Gasteiger partial charge on any atom is 0.267 e. The van der Waals surface area contributed by atoms with Crippen LogP contribution in [0.1, 0.15) is 22.3 Å². The van der Waals surface area contributed by atoms with Crippen molar-refractivity contribution in [1.29, 1.82) is 0 Å². The molecule has 0 unspecified atom stereocenters. The van der Waals surface area contributed by atoms with E-state index in [1.165, 1.54) is 15.8 Å². The Kier molecular flexibility index (Phi) is 4.11. The van der Waals surface area contributed by atoms with E-state index >= 15 is 0 Å². The average Bonchev–Trinajstić information content (AvgIpc) is 2.52. The molecule has 0 saturated carbocycles. The molecular formula is C20H20N2O. The zero-order chi connectivity index (χ0) is 16.4. The Hall–Kier alpha value is -2.68. The predicted molar refractivity (Wildman–Crippen MR) is 93.7 cm³/mol. The number of aryl methyl sites for hydroxylation is 3. The summed E-state index contributed by atoms with van der Waals surface area (Å²) in [5.41, 5.74) is 6.47. The van der Waals surface area contributed by atoms with E-state index in [9.17, 15) is 4.79 Å². The fourth-order valence-corrected chi connectivity index (χ4v) is 2.76. The third kappa shape index (κ3) is 3.24. The molecule has 3 heteroatoms. The lowest BCUT2D eigenvalue weighted by molar-refractivity contribution is 0.640. The number of hydrogen-bond donors (Lipinski definition) is 0. The second-order valence-electron chi connectivity index (χ2n) is 5.96. The van der Waals surface area contributed by atoms with Gasteiger partial charge in [-0.1, -0.05) is 48.0 Å². The van der Waals surface area contributed by atoms with Crippen LogP contribution >= 0.6 is 0 Å². The van der Waals surface area contributed by atoms with E-state index in [0.717, 1.165) is 22.4 Å². The lowest BCUT2D eigenvalue weighted by Crippen LogP contribution is -2.23. The van der Waals surface area contributed by atoms with Gasteiger partial charge in [0.1, 0.15) is 0 Å². The summed E-state index contributed by atoms with van der Waals surface area (Å²) in [5.74, 6) is 0. The van der Waals surface area contributed by atoms with Gasteiger partial charge < -0.3 is 0 Å². The van der Waals surface area contributed by atoms with Gasteiger partial charge in [-0.25, -0.2) is 4.68 Å². The molecule has 0 amide bonds. The molecule has 0 bridgehead atoms. The minimum atomic E-state index is -0.0817.